The van der Waals surface area contributed by atoms with E-state index in [9.17, 15) is 0 Å². The van der Waals surface area contributed by atoms with Crippen molar-refractivity contribution in [2.75, 3.05) is 23.3 Å². The van der Waals surface area contributed by atoms with Crippen molar-refractivity contribution in [3.63, 3.8) is 0 Å². The van der Waals surface area contributed by atoms with E-state index in [2.05, 4.69) is 38.0 Å². The minimum atomic E-state index is 0.265. The first kappa shape index (κ1) is 13.4. The molecular formula is C15H19AsN4. The molecule has 2 aromatic heterocycles. The van der Waals surface area contributed by atoms with Gasteiger partial charge < -0.3 is 0 Å². The average molecular weight is 330 g/mol. The molecule has 1 aliphatic rings. The predicted molar refractivity (Wildman–Crippen MR) is 84.8 cm³/mol. The Hall–Kier alpha value is -1.54. The third kappa shape index (κ3) is 3.13. The van der Waals surface area contributed by atoms with Gasteiger partial charge in [0.1, 0.15) is 0 Å². The summed E-state index contributed by atoms with van der Waals surface area (Å²) in [5.41, 5.74) is 4.69. The Balaban J connectivity index is 1.60. The number of aromatic nitrogens is 2. The molecule has 0 aliphatic carbocycles. The normalized spacial score (nSPS) is 15.6. The van der Waals surface area contributed by atoms with Gasteiger partial charge in [-0.05, 0) is 0 Å². The van der Waals surface area contributed by atoms with E-state index in [-0.39, 0.29) is 15.8 Å². The SMILES string of the molecule is C[AsH]C1CN(c2ccnc(NCc3ccccn3)c2)C1. The van der Waals surface area contributed by atoms with Crippen molar-refractivity contribution < 1.29 is 0 Å². The molecule has 1 unspecified atom stereocenters. The number of hydrogen-bond donors (Lipinski definition) is 1. The maximum absolute atomic E-state index is 4.38. The Kier molecular flexibility index (Phi) is 4.22. The first-order valence-corrected chi connectivity index (χ1v) is 10.2. The molecule has 1 N–H and O–H groups in total. The molecule has 0 saturated carbocycles. The molecule has 1 fully saturated rings. The molecule has 4 nitrogen and oxygen atoms in total. The van der Waals surface area contributed by atoms with E-state index >= 15 is 0 Å². The van der Waals surface area contributed by atoms with Gasteiger partial charge in [0.15, 0.2) is 0 Å². The number of hydrogen-bond acceptors (Lipinski definition) is 4. The molecule has 104 valence electrons. The molecule has 3 rings (SSSR count). The number of anilines is 2. The summed E-state index contributed by atoms with van der Waals surface area (Å²) in [6, 6.07) is 10.2. The average Bonchev–Trinajstić information content (AvgIpc) is 2.46. The summed E-state index contributed by atoms with van der Waals surface area (Å²) in [4.78, 5) is 11.1. The fraction of sp³-hybridized carbons (Fsp3) is 0.333. The Morgan fingerprint density at radius 3 is 2.90 bits per heavy atom. The Morgan fingerprint density at radius 1 is 1.25 bits per heavy atom. The van der Waals surface area contributed by atoms with Crippen LogP contribution in [0.4, 0.5) is 11.5 Å². The van der Waals surface area contributed by atoms with Gasteiger partial charge in [-0.2, -0.15) is 0 Å². The van der Waals surface area contributed by atoms with Gasteiger partial charge >= 0.3 is 126 Å². The van der Waals surface area contributed by atoms with Gasteiger partial charge in [-0.3, -0.25) is 0 Å². The van der Waals surface area contributed by atoms with E-state index in [4.69, 9.17) is 0 Å². The van der Waals surface area contributed by atoms with E-state index in [1.54, 1.807) is 0 Å². The number of nitrogens with one attached hydrogen (secondary N) is 1. The van der Waals surface area contributed by atoms with Crippen LogP contribution in [0.1, 0.15) is 5.69 Å². The molecule has 2 aromatic rings. The predicted octanol–water partition coefficient (Wildman–Crippen LogP) is 2.18. The quantitative estimate of drug-likeness (QED) is 0.854. The molecule has 0 amide bonds. The molecule has 1 atom stereocenters. The standard InChI is InChI=1S/C15H19AsN4/c1-16-12-10-20(11-12)14-5-7-18-15(8-14)19-9-13-4-2-3-6-17-13/h2-8,12,16H,9-11H2,1H3,(H,18,19). The summed E-state index contributed by atoms with van der Waals surface area (Å²) in [5.74, 6) is 0.920. The molecule has 1 saturated heterocycles. The Labute approximate surface area is 126 Å². The van der Waals surface area contributed by atoms with Crippen molar-refractivity contribution in [3.05, 3.63) is 48.4 Å². The monoisotopic (exact) mass is 330 g/mol. The summed E-state index contributed by atoms with van der Waals surface area (Å²) >= 11 is 0.265. The molecule has 0 spiro atoms. The van der Waals surface area contributed by atoms with Gasteiger partial charge in [-0.15, -0.1) is 0 Å². The first-order chi connectivity index (χ1) is 9.85. The van der Waals surface area contributed by atoms with Gasteiger partial charge in [0, 0.05) is 0 Å². The van der Waals surface area contributed by atoms with Crippen molar-refractivity contribution in [1.82, 2.24) is 9.97 Å². The zero-order valence-electron chi connectivity index (χ0n) is 11.6. The fourth-order valence-electron chi connectivity index (χ4n) is 2.27. The van der Waals surface area contributed by atoms with Gasteiger partial charge in [-0.1, -0.05) is 0 Å². The van der Waals surface area contributed by atoms with E-state index < -0.39 is 0 Å². The van der Waals surface area contributed by atoms with Crippen molar-refractivity contribution in [2.45, 2.75) is 17.0 Å². The third-order valence-corrected chi connectivity index (χ3v) is 6.05. The van der Waals surface area contributed by atoms with Gasteiger partial charge in [0.2, 0.25) is 0 Å². The Morgan fingerprint density at radius 2 is 2.15 bits per heavy atom. The molecule has 3 heterocycles. The molecule has 0 radical (unpaired) electrons. The summed E-state index contributed by atoms with van der Waals surface area (Å²) in [5, 5.41) is 3.34. The summed E-state index contributed by atoms with van der Waals surface area (Å²) in [6.45, 7) is 3.15. The molecule has 1 aliphatic heterocycles. The summed E-state index contributed by atoms with van der Waals surface area (Å²) < 4.78 is 0.980. The van der Waals surface area contributed by atoms with Crippen LogP contribution in [0.5, 0.6) is 0 Å². The van der Waals surface area contributed by atoms with Crippen LogP contribution in [0, 0.1) is 0 Å². The maximum atomic E-state index is 4.38. The zero-order chi connectivity index (χ0) is 13.8. The second kappa shape index (κ2) is 6.27. The van der Waals surface area contributed by atoms with Crippen LogP contribution in [0.2, 0.25) is 10.4 Å². The van der Waals surface area contributed by atoms with Crippen LogP contribution in [0.3, 0.4) is 0 Å². The number of rotatable bonds is 5. The van der Waals surface area contributed by atoms with Crippen LogP contribution in [-0.2, 0) is 6.54 Å². The van der Waals surface area contributed by atoms with Gasteiger partial charge in [-0.25, -0.2) is 0 Å². The van der Waals surface area contributed by atoms with E-state index in [1.165, 1.54) is 18.8 Å². The second-order valence-electron chi connectivity index (χ2n) is 4.96. The first-order valence-electron chi connectivity index (χ1n) is 6.87. The number of pyridine rings is 2. The topological polar surface area (TPSA) is 41.1 Å². The van der Waals surface area contributed by atoms with E-state index in [0.717, 1.165) is 16.2 Å². The molecule has 0 bridgehead atoms. The third-order valence-electron chi connectivity index (χ3n) is 3.58. The van der Waals surface area contributed by atoms with Crippen LogP contribution >= 0.6 is 0 Å². The Bertz CT molecular complexity index is 555. The fourth-order valence-corrected chi connectivity index (χ4v) is 3.96. The van der Waals surface area contributed by atoms with E-state index in [1.807, 2.05) is 30.6 Å². The molecule has 0 aromatic carbocycles. The van der Waals surface area contributed by atoms with Gasteiger partial charge in [0.25, 0.3) is 0 Å². The molecule has 5 heteroatoms. The summed E-state index contributed by atoms with van der Waals surface area (Å²) in [7, 11) is 0. The van der Waals surface area contributed by atoms with Gasteiger partial charge in [0.05, 0.1) is 0 Å². The van der Waals surface area contributed by atoms with Crippen LogP contribution in [0.25, 0.3) is 0 Å². The molecule has 20 heavy (non-hydrogen) atoms. The van der Waals surface area contributed by atoms with Crippen molar-refractivity contribution >= 4 is 27.3 Å². The van der Waals surface area contributed by atoms with Crippen molar-refractivity contribution in [1.29, 1.82) is 0 Å². The van der Waals surface area contributed by atoms with Crippen molar-refractivity contribution in [3.8, 4) is 0 Å². The number of nitrogens with zero attached hydrogens (tertiary/aromatic N) is 3. The van der Waals surface area contributed by atoms with Crippen molar-refractivity contribution in [2.24, 2.45) is 0 Å². The molecular weight excluding hydrogens is 311 g/mol. The zero-order valence-corrected chi connectivity index (χ0v) is 13.7. The minimum absolute atomic E-state index is 0.265. The van der Waals surface area contributed by atoms with E-state index in [0.29, 0.717) is 6.54 Å². The van der Waals surface area contributed by atoms with Crippen LogP contribution in [-0.4, -0.2) is 38.8 Å². The van der Waals surface area contributed by atoms with Crippen LogP contribution < -0.4 is 10.2 Å². The summed E-state index contributed by atoms with van der Waals surface area (Å²) in [6.07, 6.45) is 3.70. The second-order valence-corrected chi connectivity index (χ2v) is 7.89. The van der Waals surface area contributed by atoms with Crippen LogP contribution in [0.15, 0.2) is 42.7 Å².